The highest BCUT2D eigenvalue weighted by atomic mass is 79.9. The molecule has 3 aliphatic carbocycles. The summed E-state index contributed by atoms with van der Waals surface area (Å²) in [5, 5.41) is 34.6. The van der Waals surface area contributed by atoms with Gasteiger partial charge in [-0.2, -0.15) is 0 Å². The van der Waals surface area contributed by atoms with E-state index in [9.17, 15) is 48.9 Å². The molecule has 2 aromatic rings. The van der Waals surface area contributed by atoms with Gasteiger partial charge in [0.05, 0.1) is 31.9 Å². The van der Waals surface area contributed by atoms with Crippen LogP contribution in [0.1, 0.15) is 24.3 Å². The van der Waals surface area contributed by atoms with Gasteiger partial charge < -0.3 is 10.0 Å². The lowest BCUT2D eigenvalue weighted by Crippen LogP contribution is -2.39. The first-order valence-corrected chi connectivity index (χ1v) is 14.4. The van der Waals surface area contributed by atoms with Gasteiger partial charge >= 0.3 is 11.4 Å². The Balaban J connectivity index is 1.50. The number of allylic oxidation sites excluding steroid dienone is 6. The Kier molecular flexibility index (Phi) is 7.03. The number of anilines is 2. The third kappa shape index (κ3) is 4.40. The number of amides is 2. The molecular weight excluding hydrogens is 659 g/mol. The lowest BCUT2D eigenvalue weighted by atomic mass is 9.59. The number of rotatable bonds is 5. The molecule has 15 heteroatoms. The first kappa shape index (κ1) is 30.0. The van der Waals surface area contributed by atoms with Crippen LogP contribution in [0.2, 0.25) is 0 Å². The molecule has 4 aliphatic rings. The minimum atomic E-state index is -1.12. The summed E-state index contributed by atoms with van der Waals surface area (Å²) in [6.07, 6.45) is 2.59. The summed E-state index contributed by atoms with van der Waals surface area (Å²) >= 11 is 3.11. The molecule has 0 radical (unpaired) electrons. The number of fused-ring (bicyclic) bond motifs is 3. The Bertz CT molecular complexity index is 1860. The van der Waals surface area contributed by atoms with Crippen molar-refractivity contribution in [3.8, 4) is 5.75 Å². The molecule has 0 bridgehead atoms. The van der Waals surface area contributed by atoms with Crippen LogP contribution in [0.4, 0.5) is 27.1 Å². The van der Waals surface area contributed by atoms with Crippen molar-refractivity contribution in [3.63, 3.8) is 0 Å². The van der Waals surface area contributed by atoms with Gasteiger partial charge in [0.1, 0.15) is 0 Å². The number of imide groups is 1. The molecule has 2 aromatic carbocycles. The zero-order valence-corrected chi connectivity index (χ0v) is 25.1. The van der Waals surface area contributed by atoms with E-state index in [1.807, 2.05) is 0 Å². The lowest BCUT2D eigenvalue weighted by Gasteiger charge is -2.42. The lowest BCUT2D eigenvalue weighted by molar-refractivity contribution is -0.392. The van der Waals surface area contributed by atoms with Crippen molar-refractivity contribution in [1.82, 2.24) is 0 Å². The second-order valence-corrected chi connectivity index (χ2v) is 12.2. The molecule has 0 spiro atoms. The van der Waals surface area contributed by atoms with Crippen molar-refractivity contribution in [2.45, 2.75) is 18.8 Å². The van der Waals surface area contributed by atoms with E-state index >= 15 is 0 Å². The van der Waals surface area contributed by atoms with E-state index in [0.717, 1.165) is 24.3 Å². The molecule has 45 heavy (non-hydrogen) atoms. The van der Waals surface area contributed by atoms with E-state index in [1.54, 1.807) is 6.08 Å². The number of hydrogen-bond acceptors (Lipinski definition) is 10. The average Bonchev–Trinajstić information content (AvgIpc) is 3.24. The van der Waals surface area contributed by atoms with Crippen LogP contribution >= 0.6 is 15.9 Å². The summed E-state index contributed by atoms with van der Waals surface area (Å²) in [5.41, 5.74) is -1.52. The van der Waals surface area contributed by atoms with Crippen LogP contribution in [0.25, 0.3) is 0 Å². The van der Waals surface area contributed by atoms with Crippen molar-refractivity contribution in [3.05, 3.63) is 95.3 Å². The summed E-state index contributed by atoms with van der Waals surface area (Å²) in [4.78, 5) is 78.7. The zero-order valence-electron chi connectivity index (χ0n) is 23.5. The largest absolute Gasteiger partial charge is 0.505 e. The standard InChI is InChI=1S/C30H22BrFN4O9/c1-33(2)26-20(35(42)43)8-12(9-21(26)36(44)45)34-29(40)15-7-6-13-16(24(15)30(34)41)10-17-25(22(37)11-18(31)27(17)38)23(13)14-4-3-5-19(32)28(14)39/h3-6,8-9,11,15-16,23-24,39H,7,10H2,1-2H3/t15-,16+,23+,24-/m0/s1. The fraction of sp³-hybridized carbons (Fsp3) is 0.267. The monoisotopic (exact) mass is 680 g/mol. The zero-order chi connectivity index (χ0) is 32.6. The number of nitro groups is 2. The van der Waals surface area contributed by atoms with Crippen LogP contribution in [0, 0.1) is 43.8 Å². The quantitative estimate of drug-likeness (QED) is 0.156. The number of nitro benzene ring substituents is 2. The average molecular weight is 681 g/mol. The highest BCUT2D eigenvalue weighted by Gasteiger charge is 2.57. The van der Waals surface area contributed by atoms with Crippen LogP contribution in [0.5, 0.6) is 5.75 Å². The van der Waals surface area contributed by atoms with Gasteiger partial charge in [-0.15, -0.1) is 0 Å². The molecule has 1 fully saturated rings. The second kappa shape index (κ2) is 10.5. The number of benzene rings is 2. The van der Waals surface area contributed by atoms with E-state index in [0.29, 0.717) is 10.5 Å². The Morgan fingerprint density at radius 2 is 1.67 bits per heavy atom. The molecule has 4 atom stereocenters. The molecule has 6 rings (SSSR count). The van der Waals surface area contributed by atoms with Gasteiger partial charge in [0.2, 0.25) is 11.8 Å². The number of phenolic OH excluding ortho intramolecular Hbond substituents is 1. The van der Waals surface area contributed by atoms with Crippen LogP contribution in [-0.4, -0.2) is 52.4 Å². The molecule has 230 valence electrons. The summed E-state index contributed by atoms with van der Waals surface area (Å²) in [6, 6.07) is 5.65. The number of ketones is 2. The number of phenols is 1. The van der Waals surface area contributed by atoms with Gasteiger partial charge in [-0.3, -0.25) is 39.4 Å². The smallest absolute Gasteiger partial charge is 0.301 e. The third-order valence-corrected chi connectivity index (χ3v) is 9.40. The molecule has 1 heterocycles. The Hall–Kier alpha value is -5.05. The molecule has 1 N–H and O–H groups in total. The Morgan fingerprint density at radius 1 is 1.02 bits per heavy atom. The molecule has 1 aliphatic heterocycles. The SMILES string of the molecule is CN(C)c1c([N+](=O)[O-])cc(N2C(=O)[C@H]3[C@H](CC=C4[C@H](c5cccc(F)c5O)C5=C(C[C@H]43)C(=O)C(Br)=CC5=O)C2=O)cc1[N+](=O)[O-]. The van der Waals surface area contributed by atoms with E-state index in [2.05, 4.69) is 15.9 Å². The fourth-order valence-corrected chi connectivity index (χ4v) is 7.48. The summed E-state index contributed by atoms with van der Waals surface area (Å²) in [6.45, 7) is 0. The van der Waals surface area contributed by atoms with Gasteiger partial charge in [-0.1, -0.05) is 23.8 Å². The fourth-order valence-electron chi connectivity index (χ4n) is 7.04. The van der Waals surface area contributed by atoms with E-state index < -0.39 is 79.8 Å². The van der Waals surface area contributed by atoms with E-state index in [1.165, 1.54) is 31.1 Å². The van der Waals surface area contributed by atoms with E-state index in [4.69, 9.17) is 0 Å². The van der Waals surface area contributed by atoms with Gasteiger partial charge in [0, 0.05) is 54.9 Å². The molecular formula is C30H22BrFN4O9. The number of nitrogens with zero attached hydrogens (tertiary/aromatic N) is 4. The predicted octanol–water partition coefficient (Wildman–Crippen LogP) is 4.38. The first-order valence-electron chi connectivity index (χ1n) is 13.6. The summed E-state index contributed by atoms with van der Waals surface area (Å²) < 4.78 is 14.6. The van der Waals surface area contributed by atoms with Crippen molar-refractivity contribution < 1.29 is 38.5 Å². The topological polar surface area (TPSA) is 181 Å². The van der Waals surface area contributed by atoms with Gasteiger partial charge in [-0.25, -0.2) is 9.29 Å². The summed E-state index contributed by atoms with van der Waals surface area (Å²) in [5.74, 6) is -8.38. The Morgan fingerprint density at radius 3 is 2.27 bits per heavy atom. The van der Waals surface area contributed by atoms with E-state index in [-0.39, 0.29) is 45.4 Å². The Labute approximate surface area is 261 Å². The maximum Gasteiger partial charge on any atom is 0.301 e. The maximum atomic E-state index is 14.6. The van der Waals surface area contributed by atoms with Crippen molar-refractivity contribution in [2.24, 2.45) is 17.8 Å². The molecule has 13 nitrogen and oxygen atoms in total. The second-order valence-electron chi connectivity index (χ2n) is 11.3. The molecule has 0 saturated carbocycles. The van der Waals surface area contributed by atoms with Crippen LogP contribution in [0.3, 0.4) is 0 Å². The van der Waals surface area contributed by atoms with Crippen LogP contribution in [-0.2, 0) is 19.2 Å². The van der Waals surface area contributed by atoms with Crippen LogP contribution in [0.15, 0.2) is 63.7 Å². The number of para-hydroxylation sites is 1. The number of Topliss-reactive ketones (excluding diaryl/α,β-unsaturated/α-hetero) is 1. The number of carbonyl (C=O) groups excluding carboxylic acids is 4. The minimum absolute atomic E-state index is 0.00336. The molecule has 0 aromatic heterocycles. The van der Waals surface area contributed by atoms with Crippen LogP contribution < -0.4 is 9.80 Å². The van der Waals surface area contributed by atoms with Gasteiger partial charge in [-0.05, 0) is 40.8 Å². The van der Waals surface area contributed by atoms with Crippen molar-refractivity contribution >= 4 is 62.1 Å². The molecule has 1 saturated heterocycles. The maximum absolute atomic E-state index is 14.6. The summed E-state index contributed by atoms with van der Waals surface area (Å²) in [7, 11) is 2.76. The van der Waals surface area contributed by atoms with Gasteiger partial charge in [0.25, 0.3) is 0 Å². The van der Waals surface area contributed by atoms with Crippen molar-refractivity contribution in [1.29, 1.82) is 0 Å². The number of carbonyl (C=O) groups is 4. The molecule has 2 amide bonds. The predicted molar refractivity (Wildman–Crippen MR) is 159 cm³/mol. The van der Waals surface area contributed by atoms with Crippen molar-refractivity contribution in [2.75, 3.05) is 23.9 Å². The first-order chi connectivity index (χ1) is 21.2. The number of hydrogen-bond donors (Lipinski definition) is 1. The normalized spacial score (nSPS) is 24.1. The highest BCUT2D eigenvalue weighted by Crippen LogP contribution is 2.57. The number of aromatic hydroxyl groups is 1. The minimum Gasteiger partial charge on any atom is -0.505 e. The van der Waals surface area contributed by atoms with Gasteiger partial charge in [0.15, 0.2) is 28.8 Å². The number of halogens is 2. The molecule has 0 unspecified atom stereocenters. The highest BCUT2D eigenvalue weighted by molar-refractivity contribution is 9.12. The third-order valence-electron chi connectivity index (χ3n) is 8.81.